The number of imidazole rings is 1. The van der Waals surface area contributed by atoms with E-state index in [0.29, 0.717) is 48.0 Å². The van der Waals surface area contributed by atoms with Crippen molar-refractivity contribution in [1.82, 2.24) is 39.0 Å². The van der Waals surface area contributed by atoms with Crippen molar-refractivity contribution in [3.63, 3.8) is 0 Å². The van der Waals surface area contributed by atoms with Gasteiger partial charge in [0.2, 0.25) is 11.8 Å². The minimum atomic E-state index is -4.67. The zero-order valence-corrected chi connectivity index (χ0v) is 34.7. The SMILES string of the molecule is COc1cc2nn(C3CCC(CN4CCC5(CC4)CN(Cc4cccc6c4n(C)c(=O)n6C4CCC(=O)NC4=O)CCO5)CC3)cc2cc1NC(=O)c1cccc(C(F)(F)F)n1. The van der Waals surface area contributed by atoms with E-state index >= 15 is 0 Å². The first-order valence-corrected chi connectivity index (χ1v) is 21.3. The third kappa shape index (κ3) is 8.22. The Morgan fingerprint density at radius 1 is 1.00 bits per heavy atom. The fraction of sp³-hybridized carbons (Fsp3) is 0.500. The molecule has 3 saturated heterocycles. The topological polar surface area (TPSA) is 158 Å². The lowest BCUT2D eigenvalue weighted by Gasteiger charge is -2.48. The Kier molecular flexibility index (Phi) is 11.2. The number of fused-ring (bicyclic) bond motifs is 2. The summed E-state index contributed by atoms with van der Waals surface area (Å²) in [6.45, 7) is 5.83. The molecule has 62 heavy (non-hydrogen) atoms. The third-order valence-corrected chi connectivity index (χ3v) is 13.3. The fourth-order valence-electron chi connectivity index (χ4n) is 10.0. The Hall–Kier alpha value is -5.59. The number of morpholine rings is 1. The lowest BCUT2D eigenvalue weighted by atomic mass is 9.84. The van der Waals surface area contributed by atoms with Crippen molar-refractivity contribution in [2.24, 2.45) is 13.0 Å². The number of hydrogen-bond donors (Lipinski definition) is 2. The summed E-state index contributed by atoms with van der Waals surface area (Å²) in [4.78, 5) is 59.5. The van der Waals surface area contributed by atoms with Gasteiger partial charge in [-0.3, -0.25) is 38.4 Å². The molecule has 6 heterocycles. The maximum Gasteiger partial charge on any atom is 0.433 e. The predicted octanol–water partition coefficient (Wildman–Crippen LogP) is 5.44. The zero-order chi connectivity index (χ0) is 43.3. The lowest BCUT2D eigenvalue weighted by molar-refractivity contribution is -0.141. The molecule has 1 spiro atoms. The Labute approximate surface area is 355 Å². The van der Waals surface area contributed by atoms with Crippen LogP contribution in [-0.2, 0) is 34.1 Å². The van der Waals surface area contributed by atoms with Gasteiger partial charge in [0.25, 0.3) is 5.91 Å². The Bertz CT molecular complexity index is 2590. The molecule has 4 fully saturated rings. The maximum absolute atomic E-state index is 13.5. The number of amides is 3. The van der Waals surface area contributed by atoms with Gasteiger partial charge in [0.1, 0.15) is 23.2 Å². The quantitative estimate of drug-likeness (QED) is 0.183. The first-order chi connectivity index (χ1) is 29.8. The van der Waals surface area contributed by atoms with Crippen molar-refractivity contribution < 1.29 is 37.0 Å². The molecule has 9 rings (SSSR count). The molecule has 1 atom stereocenters. The van der Waals surface area contributed by atoms with Crippen LogP contribution in [0.15, 0.2) is 59.5 Å². The number of methoxy groups -OCH3 is 1. The minimum absolute atomic E-state index is 0.197. The molecule has 4 aliphatic rings. The van der Waals surface area contributed by atoms with E-state index in [1.165, 1.54) is 17.7 Å². The summed E-state index contributed by atoms with van der Waals surface area (Å²) in [5, 5.41) is 10.7. The van der Waals surface area contributed by atoms with Gasteiger partial charge in [0.05, 0.1) is 47.6 Å². The van der Waals surface area contributed by atoms with Crippen LogP contribution in [0.4, 0.5) is 18.9 Å². The number of para-hydroxylation sites is 1. The zero-order valence-electron chi connectivity index (χ0n) is 34.7. The second-order valence-electron chi connectivity index (χ2n) is 17.3. The molecule has 18 heteroatoms. The number of benzene rings is 2. The average molecular weight is 858 g/mol. The van der Waals surface area contributed by atoms with Crippen molar-refractivity contribution in [3.05, 3.63) is 82.2 Å². The number of likely N-dealkylation sites (tertiary alicyclic amines) is 1. The van der Waals surface area contributed by atoms with Crippen LogP contribution in [0.3, 0.4) is 0 Å². The van der Waals surface area contributed by atoms with Crippen LogP contribution >= 0.6 is 0 Å². The molecule has 1 saturated carbocycles. The standard InChI is InChI=1S/C44H50F3N9O6/c1-52-39-28(5-3-7-34(39)56(42(52)60)35-13-14-38(57)50-41(35)59)24-54-19-20-62-43(26-54)15-17-53(18-16-43)23-27-9-11-30(12-10-27)55-25-29-21-33(36(61-2)22-32(29)51-55)49-40(58)31-6-4-8-37(48-31)44(45,46)47/h3-8,21-22,25,27,30,35H,9-20,23-24,26H2,1-2H3,(H,49,58)(H,50,57,59). The number of ether oxygens (including phenoxy) is 2. The molecule has 1 unspecified atom stereocenters. The normalized spacial score (nSPS) is 22.6. The minimum Gasteiger partial charge on any atom is -0.494 e. The third-order valence-electron chi connectivity index (χ3n) is 13.3. The number of piperidine rings is 2. The monoisotopic (exact) mass is 857 g/mol. The number of nitrogens with zero attached hydrogens (tertiary/aromatic N) is 7. The largest absolute Gasteiger partial charge is 0.494 e. The van der Waals surface area contributed by atoms with E-state index in [9.17, 15) is 32.3 Å². The molecule has 3 aromatic heterocycles. The van der Waals surface area contributed by atoms with Crippen LogP contribution in [0.5, 0.6) is 5.75 Å². The lowest BCUT2D eigenvalue weighted by Crippen LogP contribution is -2.57. The molecule has 0 bridgehead atoms. The number of nitrogens with one attached hydrogen (secondary N) is 2. The molecule has 5 aromatic rings. The van der Waals surface area contributed by atoms with E-state index in [-0.39, 0.29) is 35.4 Å². The van der Waals surface area contributed by atoms with E-state index in [4.69, 9.17) is 14.6 Å². The number of aryl methyl sites for hydroxylation is 1. The molecule has 0 radical (unpaired) electrons. The number of rotatable bonds is 9. The molecule has 3 amide bonds. The van der Waals surface area contributed by atoms with Gasteiger partial charge in [-0.05, 0) is 80.7 Å². The molecule has 15 nitrogen and oxygen atoms in total. The molecular formula is C44H50F3N9O6. The van der Waals surface area contributed by atoms with Crippen LogP contribution in [0.2, 0.25) is 0 Å². The number of pyridine rings is 1. The van der Waals surface area contributed by atoms with Crippen LogP contribution in [0.1, 0.15) is 85.2 Å². The Morgan fingerprint density at radius 2 is 1.77 bits per heavy atom. The Balaban J connectivity index is 0.784. The van der Waals surface area contributed by atoms with Crippen molar-refractivity contribution in [2.45, 2.75) is 81.8 Å². The first-order valence-electron chi connectivity index (χ1n) is 21.3. The van der Waals surface area contributed by atoms with Gasteiger partial charge in [-0.15, -0.1) is 0 Å². The summed E-state index contributed by atoms with van der Waals surface area (Å²) in [5.41, 5.74) is 1.53. The van der Waals surface area contributed by atoms with Gasteiger partial charge >= 0.3 is 11.9 Å². The van der Waals surface area contributed by atoms with E-state index in [1.54, 1.807) is 23.7 Å². The van der Waals surface area contributed by atoms with Crippen molar-refractivity contribution in [1.29, 1.82) is 0 Å². The summed E-state index contributed by atoms with van der Waals surface area (Å²) < 4.78 is 56.8. The smallest absolute Gasteiger partial charge is 0.433 e. The number of hydrogen-bond acceptors (Lipinski definition) is 10. The van der Waals surface area contributed by atoms with Crippen LogP contribution in [0.25, 0.3) is 21.9 Å². The summed E-state index contributed by atoms with van der Waals surface area (Å²) in [6.07, 6.45) is 3.75. The molecule has 3 aliphatic heterocycles. The van der Waals surface area contributed by atoms with E-state index < -0.39 is 29.7 Å². The van der Waals surface area contributed by atoms with E-state index in [2.05, 4.69) is 25.4 Å². The van der Waals surface area contributed by atoms with Gasteiger partial charge in [0, 0.05) is 70.4 Å². The second kappa shape index (κ2) is 16.6. The van der Waals surface area contributed by atoms with Crippen molar-refractivity contribution in [3.8, 4) is 5.75 Å². The summed E-state index contributed by atoms with van der Waals surface area (Å²) in [7, 11) is 3.20. The van der Waals surface area contributed by atoms with Crippen LogP contribution in [-0.4, -0.2) is 103 Å². The number of carbonyl (C=O) groups excluding carboxylic acids is 3. The van der Waals surface area contributed by atoms with E-state index in [1.807, 2.05) is 29.1 Å². The van der Waals surface area contributed by atoms with Gasteiger partial charge in [-0.1, -0.05) is 18.2 Å². The molecule has 1 aliphatic carbocycles. The molecule has 2 aromatic carbocycles. The number of alkyl halides is 3. The summed E-state index contributed by atoms with van der Waals surface area (Å²) in [6, 6.07) is 12.0. The number of aromatic nitrogens is 5. The highest BCUT2D eigenvalue weighted by Crippen LogP contribution is 2.38. The average Bonchev–Trinajstić information content (AvgIpc) is 3.79. The van der Waals surface area contributed by atoms with Gasteiger partial charge in [-0.25, -0.2) is 9.78 Å². The molecule has 328 valence electrons. The van der Waals surface area contributed by atoms with Gasteiger partial charge < -0.3 is 19.7 Å². The van der Waals surface area contributed by atoms with Gasteiger partial charge in [0.15, 0.2) is 0 Å². The maximum atomic E-state index is 13.5. The summed E-state index contributed by atoms with van der Waals surface area (Å²) >= 11 is 0. The number of imide groups is 1. The van der Waals surface area contributed by atoms with Crippen molar-refractivity contribution in [2.75, 3.05) is 51.8 Å². The molecule has 2 N–H and O–H groups in total. The molecular weight excluding hydrogens is 808 g/mol. The second-order valence-corrected chi connectivity index (χ2v) is 17.3. The van der Waals surface area contributed by atoms with Crippen molar-refractivity contribution >= 4 is 45.3 Å². The highest BCUT2D eigenvalue weighted by atomic mass is 19.4. The highest BCUT2D eigenvalue weighted by molar-refractivity contribution is 6.05. The van der Waals surface area contributed by atoms with Crippen LogP contribution in [0, 0.1) is 5.92 Å². The number of carbonyl (C=O) groups is 3. The van der Waals surface area contributed by atoms with Crippen LogP contribution < -0.4 is 21.1 Å². The predicted molar refractivity (Wildman–Crippen MR) is 223 cm³/mol. The highest BCUT2D eigenvalue weighted by Gasteiger charge is 2.41. The summed E-state index contributed by atoms with van der Waals surface area (Å²) in [5.74, 6) is -0.624. The first kappa shape index (κ1) is 41.7. The Morgan fingerprint density at radius 3 is 2.52 bits per heavy atom. The number of halogens is 3. The van der Waals surface area contributed by atoms with Gasteiger partial charge in [-0.2, -0.15) is 18.3 Å². The fourth-order valence-corrected chi connectivity index (χ4v) is 10.0. The van der Waals surface area contributed by atoms with E-state index in [0.717, 1.165) is 99.8 Å². The number of anilines is 1.